The molecular formula is C10H16N2O3S. The summed E-state index contributed by atoms with van der Waals surface area (Å²) in [6, 6.07) is 1.59. The van der Waals surface area contributed by atoms with Crippen molar-refractivity contribution >= 4 is 16.3 Å². The van der Waals surface area contributed by atoms with Crippen LogP contribution in [0.15, 0.2) is 11.4 Å². The van der Waals surface area contributed by atoms with Gasteiger partial charge in [0.1, 0.15) is 0 Å². The fraction of sp³-hybridized carbons (Fsp3) is 0.600. The quantitative estimate of drug-likeness (QED) is 0.436. The topological polar surface area (TPSA) is 75.4 Å². The summed E-state index contributed by atoms with van der Waals surface area (Å²) < 4.78 is 0. The van der Waals surface area contributed by atoms with Gasteiger partial charge in [-0.1, -0.05) is 11.3 Å². The van der Waals surface area contributed by atoms with Crippen molar-refractivity contribution in [2.24, 2.45) is 0 Å². The van der Waals surface area contributed by atoms with Gasteiger partial charge in [-0.25, -0.2) is 0 Å². The normalized spacial score (nSPS) is 12.6. The molecule has 5 nitrogen and oxygen atoms in total. The van der Waals surface area contributed by atoms with E-state index in [2.05, 4.69) is 5.32 Å². The van der Waals surface area contributed by atoms with Crippen LogP contribution < -0.4 is 5.32 Å². The van der Waals surface area contributed by atoms with Crippen LogP contribution in [0.4, 0.5) is 5.00 Å². The lowest BCUT2D eigenvalue weighted by Gasteiger charge is -2.04. The minimum atomic E-state index is -0.373. The number of aliphatic hydroxyl groups excluding tert-OH is 1. The first-order chi connectivity index (χ1) is 7.59. The van der Waals surface area contributed by atoms with Crippen LogP contribution >= 0.6 is 11.3 Å². The molecule has 0 spiro atoms. The summed E-state index contributed by atoms with van der Waals surface area (Å²) in [5.41, 5.74) is 0.939. The Kier molecular flexibility index (Phi) is 5.37. The molecule has 0 aromatic carbocycles. The van der Waals surface area contributed by atoms with E-state index in [0.717, 1.165) is 36.3 Å². The molecule has 0 saturated carbocycles. The molecule has 6 heteroatoms. The van der Waals surface area contributed by atoms with Crippen molar-refractivity contribution in [3.05, 3.63) is 27.1 Å². The number of nitrogens with one attached hydrogen (secondary N) is 1. The third-order valence-corrected chi connectivity index (χ3v) is 3.05. The first kappa shape index (κ1) is 13.1. The van der Waals surface area contributed by atoms with Gasteiger partial charge in [0.15, 0.2) is 0 Å². The number of thiophene rings is 1. The van der Waals surface area contributed by atoms with E-state index in [1.54, 1.807) is 18.4 Å². The van der Waals surface area contributed by atoms with Crippen LogP contribution in [0.3, 0.4) is 0 Å². The van der Waals surface area contributed by atoms with Gasteiger partial charge in [0.05, 0.1) is 11.0 Å². The van der Waals surface area contributed by atoms with Crippen LogP contribution in [0.25, 0.3) is 0 Å². The highest BCUT2D eigenvalue weighted by Gasteiger charge is 2.08. The summed E-state index contributed by atoms with van der Waals surface area (Å²) >= 11 is 1.15. The van der Waals surface area contributed by atoms with Gasteiger partial charge < -0.3 is 10.4 Å². The third-order valence-electron chi connectivity index (χ3n) is 2.12. The van der Waals surface area contributed by atoms with Gasteiger partial charge in [-0.15, -0.1) is 0 Å². The Bertz CT molecular complexity index is 339. The van der Waals surface area contributed by atoms with Crippen molar-refractivity contribution in [2.45, 2.75) is 32.4 Å². The molecule has 0 saturated heterocycles. The van der Waals surface area contributed by atoms with Crippen LogP contribution in [0.2, 0.25) is 0 Å². The van der Waals surface area contributed by atoms with Crippen molar-refractivity contribution in [2.75, 3.05) is 6.54 Å². The minimum absolute atomic E-state index is 0.181. The molecule has 1 unspecified atom stereocenters. The lowest BCUT2D eigenvalue weighted by Crippen LogP contribution is -2.15. The Hall–Kier alpha value is -0.980. The van der Waals surface area contributed by atoms with Crippen molar-refractivity contribution < 1.29 is 10.0 Å². The molecule has 0 aliphatic heterocycles. The average Bonchev–Trinajstić information content (AvgIpc) is 2.65. The Morgan fingerprint density at radius 3 is 3.00 bits per heavy atom. The standard InChI is InChI=1S/C10H16N2O3S/c1-8(13)3-2-4-11-6-9-5-10(12(14)15)16-7-9/h5,7-8,11,13H,2-4,6H2,1H3. The molecule has 1 rings (SSSR count). The number of nitro groups is 1. The van der Waals surface area contributed by atoms with Crippen LogP contribution in [0, 0.1) is 10.1 Å². The fourth-order valence-electron chi connectivity index (χ4n) is 1.31. The van der Waals surface area contributed by atoms with E-state index < -0.39 is 0 Å². The van der Waals surface area contributed by atoms with Gasteiger partial charge in [-0.05, 0) is 31.9 Å². The second-order valence-corrected chi connectivity index (χ2v) is 4.61. The van der Waals surface area contributed by atoms with Gasteiger partial charge in [-0.2, -0.15) is 0 Å². The SMILES string of the molecule is CC(O)CCCNCc1csc([N+](=O)[O-])c1. The Labute approximate surface area is 98.3 Å². The number of rotatable bonds is 7. The third kappa shape index (κ3) is 4.69. The maximum atomic E-state index is 10.4. The molecule has 0 aliphatic carbocycles. The summed E-state index contributed by atoms with van der Waals surface area (Å²) in [5.74, 6) is 0. The van der Waals surface area contributed by atoms with E-state index in [-0.39, 0.29) is 16.0 Å². The second-order valence-electron chi connectivity index (χ2n) is 3.72. The second kappa shape index (κ2) is 6.57. The maximum Gasteiger partial charge on any atom is 0.324 e. The summed E-state index contributed by atoms with van der Waals surface area (Å²) in [6.45, 7) is 3.22. The van der Waals surface area contributed by atoms with E-state index in [9.17, 15) is 10.1 Å². The van der Waals surface area contributed by atoms with Crippen LogP contribution in [-0.2, 0) is 6.54 Å². The Morgan fingerprint density at radius 2 is 2.44 bits per heavy atom. The molecule has 1 aromatic rings. The van der Waals surface area contributed by atoms with Gasteiger partial charge >= 0.3 is 5.00 Å². The number of hydrogen-bond acceptors (Lipinski definition) is 5. The van der Waals surface area contributed by atoms with Crippen molar-refractivity contribution in [1.82, 2.24) is 5.32 Å². The molecule has 1 atom stereocenters. The molecule has 0 radical (unpaired) electrons. The first-order valence-corrected chi connectivity index (χ1v) is 6.08. The van der Waals surface area contributed by atoms with E-state index in [1.165, 1.54) is 0 Å². The van der Waals surface area contributed by atoms with E-state index in [0.29, 0.717) is 6.54 Å². The molecule has 1 aromatic heterocycles. The smallest absolute Gasteiger partial charge is 0.324 e. The minimum Gasteiger partial charge on any atom is -0.393 e. The Morgan fingerprint density at radius 1 is 1.69 bits per heavy atom. The van der Waals surface area contributed by atoms with Gasteiger partial charge in [0.25, 0.3) is 0 Å². The zero-order valence-corrected chi connectivity index (χ0v) is 10.00. The van der Waals surface area contributed by atoms with E-state index >= 15 is 0 Å². The van der Waals surface area contributed by atoms with Gasteiger partial charge in [0, 0.05) is 18.0 Å². The molecule has 1 heterocycles. The van der Waals surface area contributed by atoms with Crippen LogP contribution in [0.1, 0.15) is 25.3 Å². The summed E-state index contributed by atoms with van der Waals surface area (Å²) in [7, 11) is 0. The molecule has 16 heavy (non-hydrogen) atoms. The highest BCUT2D eigenvalue weighted by molar-refractivity contribution is 7.13. The lowest BCUT2D eigenvalue weighted by molar-refractivity contribution is -0.380. The van der Waals surface area contributed by atoms with Crippen molar-refractivity contribution in [3.63, 3.8) is 0 Å². The van der Waals surface area contributed by atoms with Crippen molar-refractivity contribution in [1.29, 1.82) is 0 Å². The Balaban J connectivity index is 2.19. The molecule has 0 amide bonds. The van der Waals surface area contributed by atoms with Gasteiger partial charge in [0.2, 0.25) is 0 Å². The molecule has 0 aliphatic rings. The van der Waals surface area contributed by atoms with Crippen LogP contribution in [0.5, 0.6) is 0 Å². The maximum absolute atomic E-state index is 10.4. The summed E-state index contributed by atoms with van der Waals surface area (Å²) in [4.78, 5) is 10.1. The number of aliphatic hydroxyl groups is 1. The lowest BCUT2D eigenvalue weighted by atomic mass is 10.2. The highest BCUT2D eigenvalue weighted by atomic mass is 32.1. The molecule has 90 valence electrons. The predicted molar refractivity (Wildman–Crippen MR) is 63.6 cm³/mol. The van der Waals surface area contributed by atoms with E-state index in [4.69, 9.17) is 5.11 Å². The average molecular weight is 244 g/mol. The molecule has 0 bridgehead atoms. The monoisotopic (exact) mass is 244 g/mol. The zero-order valence-electron chi connectivity index (χ0n) is 9.18. The fourth-order valence-corrected chi connectivity index (χ4v) is 2.04. The molecular weight excluding hydrogens is 228 g/mol. The first-order valence-electron chi connectivity index (χ1n) is 5.20. The van der Waals surface area contributed by atoms with Crippen LogP contribution in [-0.4, -0.2) is 22.7 Å². The van der Waals surface area contributed by atoms with Gasteiger partial charge in [-0.3, -0.25) is 10.1 Å². The largest absolute Gasteiger partial charge is 0.393 e. The summed E-state index contributed by atoms with van der Waals surface area (Å²) in [6.07, 6.45) is 1.42. The number of nitrogens with zero attached hydrogens (tertiary/aromatic N) is 1. The van der Waals surface area contributed by atoms with E-state index in [1.807, 2.05) is 0 Å². The van der Waals surface area contributed by atoms with Crippen molar-refractivity contribution in [3.8, 4) is 0 Å². The molecule has 2 N–H and O–H groups in total. The predicted octanol–water partition coefficient (Wildman–Crippen LogP) is 1.91. The highest BCUT2D eigenvalue weighted by Crippen LogP contribution is 2.22. The molecule has 0 fully saturated rings. The zero-order chi connectivity index (χ0) is 12.0. The summed E-state index contributed by atoms with van der Waals surface area (Å²) in [5, 5.41) is 24.6. The number of hydrogen-bond donors (Lipinski definition) is 2.